The molecule has 0 aromatic heterocycles. The van der Waals surface area contributed by atoms with Crippen molar-refractivity contribution in [2.24, 2.45) is 0 Å². The van der Waals surface area contributed by atoms with Crippen LogP contribution in [0.5, 0.6) is 11.5 Å². The Balaban J connectivity index is 1.51. The first-order valence-corrected chi connectivity index (χ1v) is 8.49. The molecule has 1 saturated heterocycles. The van der Waals surface area contributed by atoms with Gasteiger partial charge < -0.3 is 19.3 Å². The number of halogens is 3. The van der Waals surface area contributed by atoms with E-state index >= 15 is 0 Å². The molecule has 3 rings (SSSR count). The predicted molar refractivity (Wildman–Crippen MR) is 93.3 cm³/mol. The second kappa shape index (κ2) is 7.81. The van der Waals surface area contributed by atoms with Gasteiger partial charge in [0.15, 0.2) is 12.0 Å². The molecule has 0 bridgehead atoms. The summed E-state index contributed by atoms with van der Waals surface area (Å²) in [6, 6.07) is 10.1. The molecule has 0 aliphatic carbocycles. The summed E-state index contributed by atoms with van der Waals surface area (Å²) < 4.78 is 17.1. The van der Waals surface area contributed by atoms with Gasteiger partial charge in [-0.25, -0.2) is 0 Å². The van der Waals surface area contributed by atoms with E-state index in [9.17, 15) is 5.11 Å². The van der Waals surface area contributed by atoms with Crippen molar-refractivity contribution >= 4 is 34.8 Å². The molecule has 0 radical (unpaired) electrons. The topological polar surface area (TPSA) is 47.9 Å². The third-order valence-electron chi connectivity index (χ3n) is 3.56. The molecule has 1 fully saturated rings. The van der Waals surface area contributed by atoms with Gasteiger partial charge in [0.05, 0.1) is 29.4 Å². The number of ether oxygens (including phenoxy) is 3. The molecule has 4 nitrogen and oxygen atoms in total. The third kappa shape index (κ3) is 4.26. The molecule has 0 saturated carbocycles. The first kappa shape index (κ1) is 17.6. The van der Waals surface area contributed by atoms with Gasteiger partial charge in [0.25, 0.3) is 0 Å². The van der Waals surface area contributed by atoms with E-state index in [1.807, 2.05) is 12.1 Å². The lowest BCUT2D eigenvalue weighted by Gasteiger charge is -2.14. The Bertz CT molecular complexity index is 682. The average Bonchev–Trinajstić information content (AvgIpc) is 2.99. The Morgan fingerprint density at radius 3 is 2.42 bits per heavy atom. The standard InChI is InChI=1S/C17H15Cl3O4/c18-11-3-1-10(2-4-11)17-23-9-13(24-17)5-6-22-16-14(19)7-12(21)8-15(16)20/h1-4,7-8,13,17,21H,5-6,9H2. The number of aromatic hydroxyl groups is 1. The number of benzene rings is 2. The van der Waals surface area contributed by atoms with E-state index in [-0.39, 0.29) is 21.9 Å². The molecule has 0 spiro atoms. The van der Waals surface area contributed by atoms with Crippen LogP contribution >= 0.6 is 34.8 Å². The fourth-order valence-electron chi connectivity index (χ4n) is 2.37. The first-order valence-electron chi connectivity index (χ1n) is 7.36. The van der Waals surface area contributed by atoms with E-state index in [1.165, 1.54) is 12.1 Å². The highest BCUT2D eigenvalue weighted by molar-refractivity contribution is 6.37. The maximum atomic E-state index is 9.40. The molecule has 2 atom stereocenters. The second-order valence-corrected chi connectivity index (χ2v) is 6.60. The maximum Gasteiger partial charge on any atom is 0.184 e. The summed E-state index contributed by atoms with van der Waals surface area (Å²) in [5, 5.41) is 10.6. The Morgan fingerprint density at radius 1 is 1.08 bits per heavy atom. The minimum atomic E-state index is -0.395. The lowest BCUT2D eigenvalue weighted by Crippen LogP contribution is -2.14. The van der Waals surface area contributed by atoms with Gasteiger partial charge in [-0.05, 0) is 12.1 Å². The largest absolute Gasteiger partial charge is 0.508 e. The molecule has 24 heavy (non-hydrogen) atoms. The quantitative estimate of drug-likeness (QED) is 0.760. The number of rotatable bonds is 5. The number of hydrogen-bond acceptors (Lipinski definition) is 4. The van der Waals surface area contributed by atoms with Gasteiger partial charge >= 0.3 is 0 Å². The van der Waals surface area contributed by atoms with Crippen LogP contribution in [-0.4, -0.2) is 24.4 Å². The van der Waals surface area contributed by atoms with E-state index in [2.05, 4.69) is 0 Å². The predicted octanol–water partition coefficient (Wildman–Crippen LogP) is 5.24. The number of phenolic OH excluding ortho intramolecular Hbond substituents is 1. The Kier molecular flexibility index (Phi) is 5.74. The number of phenols is 1. The monoisotopic (exact) mass is 388 g/mol. The molecule has 7 heteroatoms. The van der Waals surface area contributed by atoms with E-state index in [0.717, 1.165) is 5.56 Å². The summed E-state index contributed by atoms with van der Waals surface area (Å²) in [6.07, 6.45) is 0.144. The zero-order valence-corrected chi connectivity index (χ0v) is 14.8. The SMILES string of the molecule is Oc1cc(Cl)c(OCCC2COC(c3ccc(Cl)cc3)O2)c(Cl)c1. The van der Waals surface area contributed by atoms with Crippen LogP contribution in [0.3, 0.4) is 0 Å². The van der Waals surface area contributed by atoms with Crippen LogP contribution in [0, 0.1) is 0 Å². The summed E-state index contributed by atoms with van der Waals surface area (Å²) in [7, 11) is 0. The van der Waals surface area contributed by atoms with Crippen LogP contribution in [0.25, 0.3) is 0 Å². The molecule has 2 unspecified atom stereocenters. The summed E-state index contributed by atoms with van der Waals surface area (Å²) >= 11 is 17.9. The summed E-state index contributed by atoms with van der Waals surface area (Å²) in [6.45, 7) is 0.847. The molecule has 0 amide bonds. The summed E-state index contributed by atoms with van der Waals surface area (Å²) in [5.41, 5.74) is 0.924. The van der Waals surface area contributed by atoms with Gasteiger partial charge in [0, 0.05) is 29.1 Å². The Morgan fingerprint density at radius 2 is 1.75 bits per heavy atom. The normalized spacial score (nSPS) is 20.3. The smallest absolute Gasteiger partial charge is 0.184 e. The fraction of sp³-hybridized carbons (Fsp3) is 0.294. The van der Waals surface area contributed by atoms with E-state index in [1.54, 1.807) is 12.1 Å². The summed E-state index contributed by atoms with van der Waals surface area (Å²) in [5.74, 6) is 0.347. The van der Waals surface area contributed by atoms with Gasteiger partial charge in [0.2, 0.25) is 0 Å². The lowest BCUT2D eigenvalue weighted by atomic mass is 10.2. The van der Waals surface area contributed by atoms with Gasteiger partial charge in [-0.15, -0.1) is 0 Å². The van der Waals surface area contributed by atoms with Crippen LogP contribution in [0.1, 0.15) is 18.3 Å². The molecule has 128 valence electrons. The van der Waals surface area contributed by atoms with E-state index in [0.29, 0.717) is 30.4 Å². The third-order valence-corrected chi connectivity index (χ3v) is 4.37. The van der Waals surface area contributed by atoms with E-state index < -0.39 is 6.29 Å². The number of hydrogen-bond donors (Lipinski definition) is 1. The molecule has 2 aromatic rings. The average molecular weight is 390 g/mol. The minimum absolute atomic E-state index is 0.00400. The van der Waals surface area contributed by atoms with Crippen molar-refractivity contribution < 1.29 is 19.3 Å². The van der Waals surface area contributed by atoms with Crippen molar-refractivity contribution in [1.82, 2.24) is 0 Å². The van der Waals surface area contributed by atoms with Crippen molar-refractivity contribution in [3.05, 3.63) is 57.0 Å². The molecular formula is C17H15Cl3O4. The zero-order valence-electron chi connectivity index (χ0n) is 12.5. The summed E-state index contributed by atoms with van der Waals surface area (Å²) in [4.78, 5) is 0. The van der Waals surface area contributed by atoms with Crippen molar-refractivity contribution in [2.45, 2.75) is 18.8 Å². The van der Waals surface area contributed by atoms with Crippen LogP contribution in [0.2, 0.25) is 15.1 Å². The minimum Gasteiger partial charge on any atom is -0.508 e. The van der Waals surface area contributed by atoms with Crippen molar-refractivity contribution in [1.29, 1.82) is 0 Å². The zero-order chi connectivity index (χ0) is 17.1. The molecule has 1 heterocycles. The van der Waals surface area contributed by atoms with Crippen LogP contribution in [0.4, 0.5) is 0 Å². The highest BCUT2D eigenvalue weighted by atomic mass is 35.5. The Labute approximate surface area is 154 Å². The second-order valence-electron chi connectivity index (χ2n) is 5.35. The van der Waals surface area contributed by atoms with Crippen LogP contribution < -0.4 is 4.74 Å². The van der Waals surface area contributed by atoms with Crippen molar-refractivity contribution in [3.63, 3.8) is 0 Å². The maximum absolute atomic E-state index is 9.40. The van der Waals surface area contributed by atoms with Crippen molar-refractivity contribution in [3.8, 4) is 11.5 Å². The Hall–Kier alpha value is -1.17. The van der Waals surface area contributed by atoms with Gasteiger partial charge in [-0.2, -0.15) is 0 Å². The van der Waals surface area contributed by atoms with Gasteiger partial charge in [-0.1, -0.05) is 46.9 Å². The first-order chi connectivity index (χ1) is 11.5. The molecule has 1 N–H and O–H groups in total. The van der Waals surface area contributed by atoms with E-state index in [4.69, 9.17) is 49.0 Å². The van der Waals surface area contributed by atoms with Crippen molar-refractivity contribution in [2.75, 3.05) is 13.2 Å². The van der Waals surface area contributed by atoms with Crippen LogP contribution in [-0.2, 0) is 9.47 Å². The fourth-order valence-corrected chi connectivity index (χ4v) is 3.08. The molecule has 1 aliphatic heterocycles. The van der Waals surface area contributed by atoms with Crippen LogP contribution in [0.15, 0.2) is 36.4 Å². The van der Waals surface area contributed by atoms with Gasteiger partial charge in [-0.3, -0.25) is 0 Å². The molecule has 1 aliphatic rings. The highest BCUT2D eigenvalue weighted by Gasteiger charge is 2.27. The highest BCUT2D eigenvalue weighted by Crippen LogP contribution is 2.37. The molecular weight excluding hydrogens is 375 g/mol. The molecule has 2 aromatic carbocycles. The lowest BCUT2D eigenvalue weighted by molar-refractivity contribution is -0.0623. The van der Waals surface area contributed by atoms with Gasteiger partial charge in [0.1, 0.15) is 5.75 Å².